The Hall–Kier alpha value is -2.87. The zero-order valence-electron chi connectivity index (χ0n) is 20.2. The third-order valence-corrected chi connectivity index (χ3v) is 7.55. The molecule has 2 aromatic carbocycles. The molecule has 1 heterocycles. The number of aryl methyl sites for hydroxylation is 1. The first-order valence-electron chi connectivity index (χ1n) is 10.9. The van der Waals surface area contributed by atoms with Gasteiger partial charge >= 0.3 is 5.97 Å². The first-order chi connectivity index (χ1) is 15.3. The fraction of sp³-hybridized carbons (Fsp3) is 0.440. The number of fused-ring (bicyclic) bond motifs is 1. The van der Waals surface area contributed by atoms with Crippen molar-refractivity contribution in [2.24, 2.45) is 5.92 Å². The summed E-state index contributed by atoms with van der Waals surface area (Å²) in [4.78, 5) is 25.3. The van der Waals surface area contributed by atoms with E-state index in [0.717, 1.165) is 27.8 Å². The van der Waals surface area contributed by atoms with Crippen LogP contribution < -0.4 is 14.2 Å². The van der Waals surface area contributed by atoms with E-state index in [0.29, 0.717) is 17.9 Å². The van der Waals surface area contributed by atoms with Gasteiger partial charge in [-0.3, -0.25) is 9.59 Å². The molecule has 3 rings (SSSR count). The number of nitrogens with one attached hydrogen (secondary N) is 1. The summed E-state index contributed by atoms with van der Waals surface area (Å²) in [5.41, 5.74) is 2.69. The van der Waals surface area contributed by atoms with E-state index in [4.69, 9.17) is 9.47 Å². The molecule has 0 radical (unpaired) electrons. The minimum absolute atomic E-state index is 0.0146. The molecule has 0 spiro atoms. The second-order valence-electron chi connectivity index (χ2n) is 9.17. The minimum atomic E-state index is -4.03. The molecule has 33 heavy (non-hydrogen) atoms. The normalized spacial score (nSPS) is 17.8. The highest BCUT2D eigenvalue weighted by Crippen LogP contribution is 2.44. The number of carbonyl (C=O) groups is 2. The maximum absolute atomic E-state index is 13.1. The molecule has 0 bridgehead atoms. The molecule has 7 nitrogen and oxygen atoms in total. The molecule has 1 aliphatic rings. The molecule has 0 saturated heterocycles. The number of hydrogen-bond donors (Lipinski definition) is 1. The molecule has 2 aromatic rings. The molecule has 0 aliphatic carbocycles. The van der Waals surface area contributed by atoms with Crippen molar-refractivity contribution in [1.82, 2.24) is 4.72 Å². The number of benzene rings is 2. The lowest BCUT2D eigenvalue weighted by atomic mass is 9.87. The van der Waals surface area contributed by atoms with Gasteiger partial charge in [0.15, 0.2) is 5.60 Å². The number of amides is 1. The molecule has 1 atom stereocenters. The fourth-order valence-electron chi connectivity index (χ4n) is 3.77. The summed E-state index contributed by atoms with van der Waals surface area (Å²) >= 11 is 0. The van der Waals surface area contributed by atoms with Gasteiger partial charge in [0.05, 0.1) is 10.8 Å². The third-order valence-electron chi connectivity index (χ3n) is 6.20. The van der Waals surface area contributed by atoms with Gasteiger partial charge < -0.3 is 9.47 Å². The standard InChI is InChI=1S/C25H31NO6S/c1-14(2)23(27)31-21-16(4)17(5)22-20(18(21)6)12-13-25(7,32-22)24(28)26-33(29,30)19-10-8-15(3)9-11-19/h8-11,14H,12-13H2,1-7H3,(H,26,28). The Morgan fingerprint density at radius 3 is 2.21 bits per heavy atom. The molecule has 1 amide bonds. The first-order valence-corrected chi connectivity index (χ1v) is 12.4. The maximum Gasteiger partial charge on any atom is 0.313 e. The molecule has 0 fully saturated rings. The summed E-state index contributed by atoms with van der Waals surface area (Å²) in [7, 11) is -4.03. The molecule has 1 aliphatic heterocycles. The number of carbonyl (C=O) groups excluding carboxylic acids is 2. The third kappa shape index (κ3) is 4.76. The van der Waals surface area contributed by atoms with Crippen LogP contribution >= 0.6 is 0 Å². The first kappa shape index (κ1) is 24.8. The lowest BCUT2D eigenvalue weighted by molar-refractivity contribution is -0.137. The van der Waals surface area contributed by atoms with E-state index in [9.17, 15) is 18.0 Å². The summed E-state index contributed by atoms with van der Waals surface area (Å²) in [6.07, 6.45) is 0.749. The number of hydrogen-bond acceptors (Lipinski definition) is 6. The molecular weight excluding hydrogens is 442 g/mol. The lowest BCUT2D eigenvalue weighted by Gasteiger charge is -2.36. The van der Waals surface area contributed by atoms with E-state index < -0.39 is 21.5 Å². The Bertz CT molecular complexity index is 1210. The highest BCUT2D eigenvalue weighted by atomic mass is 32.2. The van der Waals surface area contributed by atoms with Crippen LogP contribution in [-0.2, 0) is 26.0 Å². The molecule has 8 heteroatoms. The van der Waals surface area contributed by atoms with Crippen LogP contribution in [0.2, 0.25) is 0 Å². The zero-order valence-corrected chi connectivity index (χ0v) is 21.0. The van der Waals surface area contributed by atoms with Crippen molar-refractivity contribution in [1.29, 1.82) is 0 Å². The summed E-state index contributed by atoms with van der Waals surface area (Å²) in [5, 5.41) is 0. The summed E-state index contributed by atoms with van der Waals surface area (Å²) < 4.78 is 39.4. The Kier molecular flexibility index (Phi) is 6.62. The van der Waals surface area contributed by atoms with E-state index >= 15 is 0 Å². The van der Waals surface area contributed by atoms with Crippen molar-refractivity contribution in [3.8, 4) is 11.5 Å². The van der Waals surface area contributed by atoms with Crippen LogP contribution in [0.3, 0.4) is 0 Å². The van der Waals surface area contributed by atoms with Gasteiger partial charge in [0.2, 0.25) is 0 Å². The van der Waals surface area contributed by atoms with Gasteiger partial charge in [-0.25, -0.2) is 13.1 Å². The largest absolute Gasteiger partial charge is 0.477 e. The maximum atomic E-state index is 13.1. The molecule has 0 aromatic heterocycles. The van der Waals surface area contributed by atoms with Crippen LogP contribution in [0.25, 0.3) is 0 Å². The monoisotopic (exact) mass is 473 g/mol. The van der Waals surface area contributed by atoms with E-state index in [2.05, 4.69) is 4.72 Å². The predicted octanol–water partition coefficient (Wildman–Crippen LogP) is 4.07. The molecule has 178 valence electrons. The molecule has 1 unspecified atom stereocenters. The number of esters is 1. The van der Waals surface area contributed by atoms with Crippen LogP contribution in [0, 0.1) is 33.6 Å². The van der Waals surface area contributed by atoms with Crippen LogP contribution in [-0.4, -0.2) is 25.9 Å². The average molecular weight is 474 g/mol. The summed E-state index contributed by atoms with van der Waals surface area (Å²) in [5.74, 6) is -0.255. The SMILES string of the molecule is Cc1ccc(S(=O)(=O)NC(=O)C2(C)CCc3c(C)c(OC(=O)C(C)C)c(C)c(C)c3O2)cc1. The van der Waals surface area contributed by atoms with E-state index in [1.165, 1.54) is 12.1 Å². The minimum Gasteiger partial charge on any atom is -0.477 e. The highest BCUT2D eigenvalue weighted by Gasteiger charge is 2.42. The average Bonchev–Trinajstić information content (AvgIpc) is 2.74. The van der Waals surface area contributed by atoms with Crippen molar-refractivity contribution >= 4 is 21.9 Å². The highest BCUT2D eigenvalue weighted by molar-refractivity contribution is 7.90. The Balaban J connectivity index is 1.91. The van der Waals surface area contributed by atoms with E-state index in [-0.39, 0.29) is 23.2 Å². The Labute approximate surface area is 195 Å². The van der Waals surface area contributed by atoms with Gasteiger partial charge in [0.1, 0.15) is 11.5 Å². The number of sulfonamides is 1. The van der Waals surface area contributed by atoms with Crippen LogP contribution in [0.15, 0.2) is 29.2 Å². The second-order valence-corrected chi connectivity index (χ2v) is 10.9. The summed E-state index contributed by atoms with van der Waals surface area (Å²) in [6.45, 7) is 12.5. The topological polar surface area (TPSA) is 98.8 Å². The number of ether oxygens (including phenoxy) is 2. The summed E-state index contributed by atoms with van der Waals surface area (Å²) in [6, 6.07) is 6.27. The second kappa shape index (κ2) is 8.82. The van der Waals surface area contributed by atoms with Gasteiger partial charge in [-0.05, 0) is 69.9 Å². The Morgan fingerprint density at radius 2 is 1.64 bits per heavy atom. The van der Waals surface area contributed by atoms with Gasteiger partial charge in [0, 0.05) is 12.0 Å². The predicted molar refractivity (Wildman–Crippen MR) is 125 cm³/mol. The van der Waals surface area contributed by atoms with Crippen LogP contribution in [0.1, 0.15) is 55.0 Å². The van der Waals surface area contributed by atoms with E-state index in [1.54, 1.807) is 32.9 Å². The van der Waals surface area contributed by atoms with Crippen molar-refractivity contribution in [3.05, 3.63) is 52.1 Å². The van der Waals surface area contributed by atoms with Crippen molar-refractivity contribution in [3.63, 3.8) is 0 Å². The van der Waals surface area contributed by atoms with Gasteiger partial charge in [0.25, 0.3) is 15.9 Å². The van der Waals surface area contributed by atoms with Crippen molar-refractivity contribution < 1.29 is 27.5 Å². The number of rotatable bonds is 5. The van der Waals surface area contributed by atoms with Crippen LogP contribution in [0.5, 0.6) is 11.5 Å². The Morgan fingerprint density at radius 1 is 1.03 bits per heavy atom. The fourth-order valence-corrected chi connectivity index (χ4v) is 4.84. The van der Waals surface area contributed by atoms with Gasteiger partial charge in [-0.2, -0.15) is 0 Å². The van der Waals surface area contributed by atoms with Crippen molar-refractivity contribution in [2.45, 2.75) is 71.8 Å². The van der Waals surface area contributed by atoms with Crippen LogP contribution in [0.4, 0.5) is 0 Å². The smallest absolute Gasteiger partial charge is 0.313 e. The van der Waals surface area contributed by atoms with Gasteiger partial charge in [-0.1, -0.05) is 31.5 Å². The molecular formula is C25H31NO6S. The molecule has 1 N–H and O–H groups in total. The van der Waals surface area contributed by atoms with Crippen molar-refractivity contribution in [2.75, 3.05) is 0 Å². The lowest BCUT2D eigenvalue weighted by Crippen LogP contribution is -2.52. The quantitative estimate of drug-likeness (QED) is 0.519. The van der Waals surface area contributed by atoms with Gasteiger partial charge in [-0.15, -0.1) is 0 Å². The van der Waals surface area contributed by atoms with E-state index in [1.807, 2.05) is 27.7 Å². The zero-order chi connectivity index (χ0) is 24.7. The molecule has 0 saturated carbocycles.